The van der Waals surface area contributed by atoms with E-state index < -0.39 is 23.5 Å². The van der Waals surface area contributed by atoms with Gasteiger partial charge >= 0.3 is 5.91 Å². The van der Waals surface area contributed by atoms with E-state index in [0.29, 0.717) is 46.1 Å². The van der Waals surface area contributed by atoms with E-state index >= 15 is 0 Å². The van der Waals surface area contributed by atoms with E-state index in [1.807, 2.05) is 6.92 Å². The molecule has 0 spiro atoms. The third-order valence-electron chi connectivity index (χ3n) is 5.97. The predicted octanol–water partition coefficient (Wildman–Crippen LogP) is 6.03. The second kappa shape index (κ2) is 10.5. The minimum absolute atomic E-state index is 0.0890. The van der Waals surface area contributed by atoms with E-state index in [4.69, 9.17) is 9.47 Å². The lowest BCUT2D eigenvalue weighted by Gasteiger charge is -2.23. The van der Waals surface area contributed by atoms with Gasteiger partial charge in [0.1, 0.15) is 29.7 Å². The van der Waals surface area contributed by atoms with Gasteiger partial charge in [0.15, 0.2) is 5.13 Å². The number of halogens is 1. The summed E-state index contributed by atoms with van der Waals surface area (Å²) in [6.07, 6.45) is 1.62. The third kappa shape index (κ3) is 4.64. The van der Waals surface area contributed by atoms with Gasteiger partial charge in [0, 0.05) is 5.56 Å². The number of rotatable bonds is 8. The first kappa shape index (κ1) is 25.2. The minimum atomic E-state index is -0.982. The summed E-state index contributed by atoms with van der Waals surface area (Å²) < 4.78 is 25.5. The van der Waals surface area contributed by atoms with Gasteiger partial charge in [-0.15, -0.1) is 0 Å². The van der Waals surface area contributed by atoms with Gasteiger partial charge in [0.05, 0.1) is 28.4 Å². The number of carbonyl (C=O) groups is 2. The second-order valence-corrected chi connectivity index (χ2v) is 9.42. The highest BCUT2D eigenvalue weighted by atomic mass is 32.1. The number of anilines is 1. The van der Waals surface area contributed by atoms with Gasteiger partial charge < -0.3 is 14.6 Å². The van der Waals surface area contributed by atoms with Gasteiger partial charge in [-0.3, -0.25) is 14.5 Å². The normalized spacial score (nSPS) is 16.7. The Balaban J connectivity index is 1.67. The summed E-state index contributed by atoms with van der Waals surface area (Å²) in [5.74, 6) is -1.38. The molecule has 0 bridgehead atoms. The van der Waals surface area contributed by atoms with Gasteiger partial charge in [-0.1, -0.05) is 48.3 Å². The maximum absolute atomic E-state index is 13.8. The molecule has 2 heterocycles. The van der Waals surface area contributed by atoms with Crippen molar-refractivity contribution in [3.8, 4) is 11.5 Å². The van der Waals surface area contributed by atoms with E-state index in [9.17, 15) is 19.1 Å². The van der Waals surface area contributed by atoms with Gasteiger partial charge in [-0.2, -0.15) is 0 Å². The fraction of sp³-hybridized carbons (Fsp3) is 0.138. The van der Waals surface area contributed by atoms with Gasteiger partial charge in [-0.05, 0) is 55.0 Å². The summed E-state index contributed by atoms with van der Waals surface area (Å²) in [7, 11) is 0. The van der Waals surface area contributed by atoms with Crippen LogP contribution in [0.25, 0.3) is 16.0 Å². The molecule has 1 saturated heterocycles. The van der Waals surface area contributed by atoms with Crippen molar-refractivity contribution in [2.75, 3.05) is 18.1 Å². The maximum Gasteiger partial charge on any atom is 0.301 e. The number of Topliss-reactive ketones (excluding diaryl/α,β-unsaturated/α-hetero) is 1. The number of amides is 1. The quantitative estimate of drug-likeness (QED) is 0.130. The fourth-order valence-corrected chi connectivity index (χ4v) is 5.31. The lowest BCUT2D eigenvalue weighted by Crippen LogP contribution is -2.29. The van der Waals surface area contributed by atoms with E-state index in [1.54, 1.807) is 54.6 Å². The number of nitrogens with zero attached hydrogens (tertiary/aromatic N) is 2. The number of ether oxygens (including phenoxy) is 2. The molecule has 0 aliphatic carbocycles. The standard InChI is InChI=1S/C29H23FN2O5S/c1-3-14-37-20-11-8-17(9-12-20)25-24(26(33)18-6-5-7-21(15-18)36-4-2)27(34)28(35)32(25)29-31-22-13-10-19(30)16-23(22)38-29/h3,5-13,15-16,25,33H,1,4,14H2,2H3/b26-24+. The summed E-state index contributed by atoms with van der Waals surface area (Å²) in [6.45, 7) is 6.21. The van der Waals surface area contributed by atoms with Crippen LogP contribution < -0.4 is 14.4 Å². The highest BCUT2D eigenvalue weighted by Gasteiger charge is 2.48. The van der Waals surface area contributed by atoms with Crippen molar-refractivity contribution in [2.24, 2.45) is 0 Å². The topological polar surface area (TPSA) is 89.0 Å². The molecule has 1 fully saturated rings. The van der Waals surface area contributed by atoms with Gasteiger partial charge in [0.2, 0.25) is 0 Å². The number of benzene rings is 3. The second-order valence-electron chi connectivity index (χ2n) is 8.41. The van der Waals surface area contributed by atoms with Crippen molar-refractivity contribution < 1.29 is 28.6 Å². The minimum Gasteiger partial charge on any atom is -0.507 e. The Morgan fingerprint density at radius 2 is 1.89 bits per heavy atom. The van der Waals surface area contributed by atoms with E-state index in [1.165, 1.54) is 23.1 Å². The summed E-state index contributed by atoms with van der Waals surface area (Å²) in [4.78, 5) is 32.6. The number of thiazole rings is 1. The Hall–Kier alpha value is -4.50. The molecule has 9 heteroatoms. The molecule has 3 aromatic carbocycles. The zero-order valence-corrected chi connectivity index (χ0v) is 21.2. The number of hydrogen-bond acceptors (Lipinski definition) is 7. The van der Waals surface area contributed by atoms with Crippen molar-refractivity contribution >= 4 is 44.1 Å². The summed E-state index contributed by atoms with van der Waals surface area (Å²) in [5.41, 5.74) is 1.29. The first-order valence-corrected chi connectivity index (χ1v) is 12.7. The number of carbonyl (C=O) groups excluding carboxylic acids is 2. The first-order valence-electron chi connectivity index (χ1n) is 11.8. The number of aromatic nitrogens is 1. The Kier molecular flexibility index (Phi) is 6.93. The molecule has 0 radical (unpaired) electrons. The van der Waals surface area contributed by atoms with Crippen LogP contribution in [0, 0.1) is 5.82 Å². The van der Waals surface area contributed by atoms with Crippen LogP contribution in [0.4, 0.5) is 9.52 Å². The average Bonchev–Trinajstić information content (AvgIpc) is 3.45. The monoisotopic (exact) mass is 530 g/mol. The van der Waals surface area contributed by atoms with Crippen LogP contribution in [-0.4, -0.2) is 35.0 Å². The number of ketones is 1. The van der Waals surface area contributed by atoms with Crippen molar-refractivity contribution in [1.29, 1.82) is 0 Å². The Bertz CT molecular complexity index is 1580. The summed E-state index contributed by atoms with van der Waals surface area (Å²) >= 11 is 1.09. The maximum atomic E-state index is 13.8. The molecule has 7 nitrogen and oxygen atoms in total. The van der Waals surface area contributed by atoms with Crippen LogP contribution in [0.1, 0.15) is 24.1 Å². The Morgan fingerprint density at radius 1 is 1.11 bits per heavy atom. The number of hydrogen-bond donors (Lipinski definition) is 1. The number of aliphatic hydroxyl groups is 1. The smallest absolute Gasteiger partial charge is 0.301 e. The number of aliphatic hydroxyl groups excluding tert-OH is 1. The molecular weight excluding hydrogens is 507 g/mol. The largest absolute Gasteiger partial charge is 0.507 e. The van der Waals surface area contributed by atoms with Crippen LogP contribution in [-0.2, 0) is 9.59 Å². The van der Waals surface area contributed by atoms with Gasteiger partial charge in [0.25, 0.3) is 5.78 Å². The lowest BCUT2D eigenvalue weighted by atomic mass is 9.95. The third-order valence-corrected chi connectivity index (χ3v) is 6.99. The molecule has 38 heavy (non-hydrogen) atoms. The summed E-state index contributed by atoms with van der Waals surface area (Å²) in [5, 5.41) is 11.6. The summed E-state index contributed by atoms with van der Waals surface area (Å²) in [6, 6.07) is 16.7. The molecule has 5 rings (SSSR count). The van der Waals surface area contributed by atoms with Crippen molar-refractivity contribution in [2.45, 2.75) is 13.0 Å². The molecule has 192 valence electrons. The molecule has 1 atom stereocenters. The predicted molar refractivity (Wildman–Crippen MR) is 144 cm³/mol. The molecule has 4 aromatic rings. The molecule has 1 N–H and O–H groups in total. The van der Waals surface area contributed by atoms with E-state index in [0.717, 1.165) is 11.3 Å². The molecule has 1 aromatic heterocycles. The van der Waals surface area contributed by atoms with Crippen LogP contribution >= 0.6 is 11.3 Å². The molecule has 0 saturated carbocycles. The van der Waals surface area contributed by atoms with Crippen LogP contribution in [0.15, 0.2) is 85.0 Å². The highest BCUT2D eigenvalue weighted by Crippen LogP contribution is 2.44. The lowest BCUT2D eigenvalue weighted by molar-refractivity contribution is -0.132. The average molecular weight is 531 g/mol. The fourth-order valence-electron chi connectivity index (χ4n) is 4.29. The van der Waals surface area contributed by atoms with E-state index in [-0.39, 0.29) is 16.5 Å². The Labute approximate surface area is 222 Å². The van der Waals surface area contributed by atoms with Crippen LogP contribution in [0.2, 0.25) is 0 Å². The first-order chi connectivity index (χ1) is 18.4. The van der Waals surface area contributed by atoms with Crippen LogP contribution in [0.5, 0.6) is 11.5 Å². The molecule has 1 aliphatic rings. The highest BCUT2D eigenvalue weighted by molar-refractivity contribution is 7.22. The molecule has 1 amide bonds. The molecular formula is C29H23FN2O5S. The van der Waals surface area contributed by atoms with Crippen molar-refractivity contribution in [1.82, 2.24) is 4.98 Å². The molecule has 1 aliphatic heterocycles. The number of fused-ring (bicyclic) bond motifs is 1. The van der Waals surface area contributed by atoms with E-state index in [2.05, 4.69) is 11.6 Å². The van der Waals surface area contributed by atoms with Gasteiger partial charge in [-0.25, -0.2) is 9.37 Å². The van der Waals surface area contributed by atoms with Crippen LogP contribution in [0.3, 0.4) is 0 Å². The molecule has 1 unspecified atom stereocenters. The Morgan fingerprint density at radius 3 is 2.63 bits per heavy atom. The van der Waals surface area contributed by atoms with Crippen molar-refractivity contribution in [3.63, 3.8) is 0 Å². The van der Waals surface area contributed by atoms with Crippen molar-refractivity contribution in [3.05, 3.63) is 102 Å². The zero-order valence-electron chi connectivity index (χ0n) is 20.4. The zero-order chi connectivity index (χ0) is 26.8. The SMILES string of the molecule is C=CCOc1ccc(C2/C(=C(\O)c3cccc(OCC)c3)C(=O)C(=O)N2c2nc3ccc(F)cc3s2)cc1.